The number of hydrogen-bond acceptors (Lipinski definition) is 12. The van der Waals surface area contributed by atoms with Crippen molar-refractivity contribution >= 4 is 75.9 Å². The van der Waals surface area contributed by atoms with Crippen molar-refractivity contribution in [3.63, 3.8) is 0 Å². The number of nitrogens with one attached hydrogen (secondary N) is 2. The minimum atomic E-state index is -1.55. The van der Waals surface area contributed by atoms with Gasteiger partial charge in [0.2, 0.25) is 17.7 Å². The lowest BCUT2D eigenvalue weighted by molar-refractivity contribution is -0.189. The Bertz CT molecular complexity index is 4630. The van der Waals surface area contributed by atoms with Crippen LogP contribution in [0.4, 0.5) is 35.1 Å². The van der Waals surface area contributed by atoms with Gasteiger partial charge in [0.05, 0.1) is 69.7 Å². The first-order chi connectivity index (χ1) is 57.0. The molecule has 0 saturated heterocycles. The molecule has 668 valence electrons. The van der Waals surface area contributed by atoms with E-state index in [1.807, 2.05) is 156 Å². The summed E-state index contributed by atoms with van der Waals surface area (Å²) in [5.41, 5.74) is 1.38. The Morgan fingerprint density at radius 2 is 0.885 bits per heavy atom. The maximum atomic E-state index is 13.6. The molecular formula is C93H119Cl2F8N7O11S. The van der Waals surface area contributed by atoms with Crippen LogP contribution >= 0.6 is 34.5 Å². The van der Waals surface area contributed by atoms with E-state index in [0.717, 1.165) is 82.8 Å². The smallest absolute Gasteiger partial charge is 0.256 e. The van der Waals surface area contributed by atoms with Crippen LogP contribution in [-0.4, -0.2) is 115 Å². The number of amides is 7. The molecule has 18 nitrogen and oxygen atoms in total. The second-order valence-electron chi connectivity index (χ2n) is 31.9. The molecule has 0 radical (unpaired) electrons. The molecule has 0 aliphatic heterocycles. The molecule has 7 aromatic carbocycles. The molecule has 0 aliphatic rings. The Morgan fingerprint density at radius 3 is 1.34 bits per heavy atom. The van der Waals surface area contributed by atoms with Gasteiger partial charge in [-0.25, -0.2) is 50.3 Å². The van der Waals surface area contributed by atoms with Crippen LogP contribution in [0.5, 0.6) is 5.75 Å². The Hall–Kier alpha value is -9.77. The minimum Gasteiger partial charge on any atom is -0.492 e. The number of rotatable bonds is 31. The lowest BCUT2D eigenvalue weighted by Gasteiger charge is -2.29. The average Bonchev–Trinajstić information content (AvgIpc) is 0.874. The summed E-state index contributed by atoms with van der Waals surface area (Å²) in [6.07, 6.45) is 3.59. The molecule has 0 spiro atoms. The van der Waals surface area contributed by atoms with Crippen molar-refractivity contribution in [1.82, 2.24) is 35.6 Å². The predicted molar refractivity (Wildman–Crippen MR) is 463 cm³/mol. The molecule has 29 heteroatoms. The van der Waals surface area contributed by atoms with Gasteiger partial charge in [-0.05, 0) is 147 Å². The summed E-state index contributed by atoms with van der Waals surface area (Å²) >= 11 is 13.7. The van der Waals surface area contributed by atoms with Crippen molar-refractivity contribution < 1.29 is 87.9 Å². The molecule has 0 fully saturated rings. The standard InChI is InChI=1S/C22H28N2O3.C15H10Cl2F3NO.2C14H19F2NO2.C14H20FNO2.C14H23NOS/c1-4-22(2,3)21(26)24-19(17-11-7-5-8-12-17)20(25)23-15-16-27-18-13-9-6-10-14-18;1-21(7-8-5-11(18)14(20)12(19)6-8)15(22)13-9(16)3-2-4-10(13)17;1-5-14(2,3)13(18)17(19-4)9-10-6-7-11(15)8-12(10)16;1-5-14(2,3)13(18)17(19-4)9-10-6-7-11(15)12(16)8-10;1-5-14(2,3)13(17)16(18-4)10-11-6-8-12(15)9-7-11;1-7-14(4,5)13(16)15(6)9-12-8-10(2)11(3)17-12/h5-14,19H,4,15-16H2,1-3H3,(H,23,25)(H,24,26);2-6H,7H2,1H3;2*6-8H,5,9H2,1-4H3;6-9H,5,10H2,1-4H3;8H,7,9H2,1-6H3/t19-;;;;;/m1...../s1. The van der Waals surface area contributed by atoms with E-state index in [4.69, 9.17) is 42.5 Å². The fraction of sp³-hybridized carbons (Fsp3) is 0.430. The normalized spacial score (nSPS) is 11.5. The number of nitrogens with zero attached hydrogens (tertiary/aromatic N) is 5. The van der Waals surface area contributed by atoms with E-state index in [1.165, 1.54) is 90.1 Å². The number of halogens is 10. The number of carbonyl (C=O) groups is 7. The van der Waals surface area contributed by atoms with E-state index in [0.29, 0.717) is 44.5 Å². The zero-order valence-electron chi connectivity index (χ0n) is 74.0. The number of thiophene rings is 1. The highest BCUT2D eigenvalue weighted by atomic mass is 35.5. The quantitative estimate of drug-likeness (QED) is 0.0181. The number of para-hydroxylation sites is 1. The molecule has 0 bridgehead atoms. The number of aryl methyl sites for hydroxylation is 2. The Balaban J connectivity index is 0.000000381. The zero-order valence-corrected chi connectivity index (χ0v) is 76.3. The summed E-state index contributed by atoms with van der Waals surface area (Å²) in [6, 6.07) is 39.2. The highest BCUT2D eigenvalue weighted by Crippen LogP contribution is 2.32. The van der Waals surface area contributed by atoms with E-state index < -0.39 is 74.3 Å². The number of carbonyl (C=O) groups excluding carboxylic acids is 7. The van der Waals surface area contributed by atoms with Gasteiger partial charge in [-0.3, -0.25) is 48.1 Å². The van der Waals surface area contributed by atoms with Crippen molar-refractivity contribution in [2.24, 2.45) is 27.1 Å². The molecule has 1 aromatic heterocycles. The van der Waals surface area contributed by atoms with Crippen molar-refractivity contribution in [2.75, 3.05) is 48.6 Å². The minimum absolute atomic E-state index is 0.0507. The number of hydrogen-bond donors (Lipinski definition) is 2. The van der Waals surface area contributed by atoms with Gasteiger partial charge in [-0.1, -0.05) is 206 Å². The first kappa shape index (κ1) is 106. The van der Waals surface area contributed by atoms with E-state index in [9.17, 15) is 68.7 Å². The molecule has 0 aliphatic carbocycles. The fourth-order valence-corrected chi connectivity index (χ4v) is 12.2. The van der Waals surface area contributed by atoms with Crippen LogP contribution in [0.3, 0.4) is 0 Å². The Kier molecular flexibility index (Phi) is 43.7. The molecule has 0 saturated carbocycles. The van der Waals surface area contributed by atoms with Crippen molar-refractivity contribution in [2.45, 2.75) is 189 Å². The monoisotopic (exact) mass is 1760 g/mol. The highest BCUT2D eigenvalue weighted by Gasteiger charge is 2.36. The van der Waals surface area contributed by atoms with Crippen LogP contribution in [0.15, 0.2) is 158 Å². The number of hydroxylamine groups is 6. The maximum absolute atomic E-state index is 13.6. The van der Waals surface area contributed by atoms with Crippen LogP contribution in [0.25, 0.3) is 0 Å². The highest BCUT2D eigenvalue weighted by molar-refractivity contribution is 7.12. The van der Waals surface area contributed by atoms with E-state index in [-0.39, 0.29) is 93.0 Å². The number of ether oxygens (including phenoxy) is 1. The zero-order chi connectivity index (χ0) is 92.4. The molecule has 1 heterocycles. The first-order valence-corrected chi connectivity index (χ1v) is 41.3. The van der Waals surface area contributed by atoms with Gasteiger partial charge in [0.1, 0.15) is 35.8 Å². The summed E-state index contributed by atoms with van der Waals surface area (Å²) < 4.78 is 110. The molecular weight excluding hydrogens is 1650 g/mol. The third-order valence-electron chi connectivity index (χ3n) is 20.6. The summed E-state index contributed by atoms with van der Waals surface area (Å²) in [5, 5.41) is 9.65. The van der Waals surface area contributed by atoms with Crippen molar-refractivity contribution in [3.8, 4) is 5.75 Å². The molecule has 8 aromatic rings. The van der Waals surface area contributed by atoms with Crippen LogP contribution in [0, 0.1) is 87.5 Å². The van der Waals surface area contributed by atoms with E-state index in [1.54, 1.807) is 43.4 Å². The molecule has 2 N–H and O–H groups in total. The Morgan fingerprint density at radius 1 is 0.443 bits per heavy atom. The predicted octanol–water partition coefficient (Wildman–Crippen LogP) is 21.7. The molecule has 7 amide bonds. The lowest BCUT2D eigenvalue weighted by Crippen LogP contribution is -2.45. The summed E-state index contributed by atoms with van der Waals surface area (Å²) in [4.78, 5) is 107. The largest absolute Gasteiger partial charge is 0.492 e. The summed E-state index contributed by atoms with van der Waals surface area (Å²) in [5.74, 6) is -8.08. The van der Waals surface area contributed by atoms with Crippen LogP contribution < -0.4 is 15.4 Å². The topological polar surface area (TPSA) is 197 Å². The van der Waals surface area contributed by atoms with E-state index in [2.05, 4.69) is 37.5 Å². The molecule has 1 atom stereocenters. The fourth-order valence-electron chi connectivity index (χ4n) is 10.5. The van der Waals surface area contributed by atoms with E-state index >= 15 is 0 Å². The van der Waals surface area contributed by atoms with Crippen molar-refractivity contribution in [3.05, 3.63) is 263 Å². The average molecular weight is 1770 g/mol. The molecule has 122 heavy (non-hydrogen) atoms. The van der Waals surface area contributed by atoms with Gasteiger partial charge in [0, 0.05) is 69.1 Å². The maximum Gasteiger partial charge on any atom is 0.256 e. The SMILES string of the molecule is CCC(C)(C)C(=O)N(C)Cc1cc(C)c(C)s1.CCC(C)(C)C(=O)N(Cc1ccc(F)c(F)c1)OC.CCC(C)(C)C(=O)N(Cc1ccc(F)cc1)OC.CCC(C)(C)C(=O)N(Cc1ccc(F)cc1F)OC.CCC(C)(C)C(=O)N[C@@H](C(=O)NCCOc1ccccc1)c1ccccc1.CN(Cc1cc(F)c(F)c(F)c1)C(=O)c1c(Cl)cccc1Cl. The number of benzene rings is 7. The Labute approximate surface area is 728 Å². The van der Waals surface area contributed by atoms with Crippen LogP contribution in [0.2, 0.25) is 10.0 Å². The first-order valence-electron chi connectivity index (χ1n) is 39.7. The van der Waals surface area contributed by atoms with Gasteiger partial charge in [0.25, 0.3) is 23.6 Å². The third kappa shape index (κ3) is 33.5. The van der Waals surface area contributed by atoms with Gasteiger partial charge in [-0.2, -0.15) is 0 Å². The van der Waals surface area contributed by atoms with Gasteiger partial charge < -0.3 is 25.2 Å². The van der Waals surface area contributed by atoms with Crippen molar-refractivity contribution in [1.29, 1.82) is 0 Å². The molecule has 0 unspecified atom stereocenters. The summed E-state index contributed by atoms with van der Waals surface area (Å²) in [6.45, 7) is 34.4. The third-order valence-corrected chi connectivity index (χ3v) is 22.4. The van der Waals surface area contributed by atoms with Gasteiger partial charge in [0.15, 0.2) is 29.1 Å². The van der Waals surface area contributed by atoms with Crippen LogP contribution in [0.1, 0.15) is 195 Å². The second kappa shape index (κ2) is 50.1. The molecule has 8 rings (SSSR count). The van der Waals surface area contributed by atoms with Crippen LogP contribution in [-0.2, 0) is 76.0 Å². The summed E-state index contributed by atoms with van der Waals surface area (Å²) in [7, 11) is 7.51. The van der Waals surface area contributed by atoms with Gasteiger partial charge >= 0.3 is 0 Å². The second-order valence-corrected chi connectivity index (χ2v) is 34.0. The lowest BCUT2D eigenvalue weighted by atomic mass is 9.88. The van der Waals surface area contributed by atoms with Gasteiger partial charge in [-0.15, -0.1) is 11.3 Å².